The van der Waals surface area contributed by atoms with E-state index in [9.17, 15) is 0 Å². The molecule has 88 valence electrons. The Morgan fingerprint density at radius 1 is 1.31 bits per heavy atom. The van der Waals surface area contributed by atoms with Crippen LogP contribution in [-0.4, -0.2) is 30.6 Å². The SMILES string of the molecule is Cc1ccccc1CCN(C)CC1(N)CC1. The molecule has 0 aliphatic heterocycles. The van der Waals surface area contributed by atoms with Crippen molar-refractivity contribution >= 4 is 0 Å². The molecule has 2 N–H and O–H groups in total. The normalized spacial score (nSPS) is 17.8. The number of hydrogen-bond acceptors (Lipinski definition) is 2. The van der Waals surface area contributed by atoms with Gasteiger partial charge in [-0.05, 0) is 44.4 Å². The Kier molecular flexibility index (Phi) is 3.31. The summed E-state index contributed by atoms with van der Waals surface area (Å²) in [6, 6.07) is 8.62. The molecule has 1 saturated carbocycles. The summed E-state index contributed by atoms with van der Waals surface area (Å²) >= 11 is 0. The summed E-state index contributed by atoms with van der Waals surface area (Å²) in [4.78, 5) is 2.36. The van der Waals surface area contributed by atoms with Crippen LogP contribution in [0.15, 0.2) is 24.3 Å². The molecule has 0 aromatic heterocycles. The number of likely N-dealkylation sites (N-methyl/N-ethyl adjacent to an activating group) is 1. The number of aryl methyl sites for hydroxylation is 1. The number of hydrogen-bond donors (Lipinski definition) is 1. The van der Waals surface area contributed by atoms with Gasteiger partial charge < -0.3 is 10.6 Å². The van der Waals surface area contributed by atoms with Gasteiger partial charge in [0.05, 0.1) is 0 Å². The van der Waals surface area contributed by atoms with Crippen LogP contribution in [0.25, 0.3) is 0 Å². The summed E-state index contributed by atoms with van der Waals surface area (Å²) in [6.45, 7) is 4.32. The van der Waals surface area contributed by atoms with Gasteiger partial charge in [-0.3, -0.25) is 0 Å². The Morgan fingerprint density at radius 3 is 2.62 bits per heavy atom. The van der Waals surface area contributed by atoms with Crippen molar-refractivity contribution in [3.05, 3.63) is 35.4 Å². The first-order valence-corrected chi connectivity index (χ1v) is 6.11. The van der Waals surface area contributed by atoms with Crippen molar-refractivity contribution in [2.75, 3.05) is 20.1 Å². The van der Waals surface area contributed by atoms with Crippen LogP contribution in [0.3, 0.4) is 0 Å². The summed E-state index contributed by atoms with van der Waals surface area (Å²) in [6.07, 6.45) is 3.52. The van der Waals surface area contributed by atoms with Gasteiger partial charge >= 0.3 is 0 Å². The molecule has 0 spiro atoms. The van der Waals surface area contributed by atoms with Crippen molar-refractivity contribution < 1.29 is 0 Å². The van der Waals surface area contributed by atoms with Crippen LogP contribution in [0.2, 0.25) is 0 Å². The highest BCUT2D eigenvalue weighted by Crippen LogP contribution is 2.32. The second-order valence-corrected chi connectivity index (χ2v) is 5.28. The van der Waals surface area contributed by atoms with E-state index >= 15 is 0 Å². The molecule has 2 nitrogen and oxygen atoms in total. The third kappa shape index (κ3) is 3.06. The molecule has 0 unspecified atom stereocenters. The number of nitrogens with zero attached hydrogens (tertiary/aromatic N) is 1. The highest BCUT2D eigenvalue weighted by Gasteiger charge is 2.38. The van der Waals surface area contributed by atoms with E-state index in [2.05, 4.69) is 43.1 Å². The van der Waals surface area contributed by atoms with E-state index in [0.717, 1.165) is 19.5 Å². The molecule has 0 radical (unpaired) electrons. The van der Waals surface area contributed by atoms with Crippen molar-refractivity contribution in [1.82, 2.24) is 4.90 Å². The zero-order chi connectivity index (χ0) is 11.6. The van der Waals surface area contributed by atoms with Crippen molar-refractivity contribution in [3.8, 4) is 0 Å². The Morgan fingerprint density at radius 2 is 2.00 bits per heavy atom. The predicted octanol–water partition coefficient (Wildman–Crippen LogP) is 1.96. The lowest BCUT2D eigenvalue weighted by Gasteiger charge is -2.21. The fraction of sp³-hybridized carbons (Fsp3) is 0.571. The minimum Gasteiger partial charge on any atom is -0.324 e. The first kappa shape index (κ1) is 11.6. The summed E-state index contributed by atoms with van der Waals surface area (Å²) < 4.78 is 0. The molecule has 1 fully saturated rings. The topological polar surface area (TPSA) is 29.3 Å². The van der Waals surface area contributed by atoms with Gasteiger partial charge in [-0.25, -0.2) is 0 Å². The van der Waals surface area contributed by atoms with Crippen LogP contribution in [0, 0.1) is 6.92 Å². The fourth-order valence-corrected chi connectivity index (χ4v) is 2.14. The summed E-state index contributed by atoms with van der Waals surface area (Å²) in [5, 5.41) is 0. The lowest BCUT2D eigenvalue weighted by atomic mass is 10.1. The summed E-state index contributed by atoms with van der Waals surface area (Å²) in [7, 11) is 2.17. The molecule has 1 aliphatic rings. The van der Waals surface area contributed by atoms with E-state index < -0.39 is 0 Å². The van der Waals surface area contributed by atoms with Gasteiger partial charge in [0.1, 0.15) is 0 Å². The van der Waals surface area contributed by atoms with Crippen molar-refractivity contribution in [3.63, 3.8) is 0 Å². The molecule has 0 amide bonds. The minimum absolute atomic E-state index is 0.139. The number of nitrogens with two attached hydrogens (primary N) is 1. The molecule has 1 aliphatic carbocycles. The van der Waals surface area contributed by atoms with E-state index in [1.807, 2.05) is 0 Å². The zero-order valence-corrected chi connectivity index (χ0v) is 10.4. The number of benzene rings is 1. The first-order chi connectivity index (χ1) is 7.59. The van der Waals surface area contributed by atoms with Crippen LogP contribution >= 0.6 is 0 Å². The lowest BCUT2D eigenvalue weighted by Crippen LogP contribution is -2.38. The molecule has 1 aromatic rings. The zero-order valence-electron chi connectivity index (χ0n) is 10.4. The minimum atomic E-state index is 0.139. The molecule has 0 saturated heterocycles. The van der Waals surface area contributed by atoms with E-state index in [1.165, 1.54) is 24.0 Å². The van der Waals surface area contributed by atoms with E-state index in [4.69, 9.17) is 5.73 Å². The second-order valence-electron chi connectivity index (χ2n) is 5.28. The molecule has 16 heavy (non-hydrogen) atoms. The third-order valence-corrected chi connectivity index (χ3v) is 3.50. The van der Waals surface area contributed by atoms with Gasteiger partial charge in [-0.2, -0.15) is 0 Å². The van der Waals surface area contributed by atoms with E-state index in [1.54, 1.807) is 0 Å². The third-order valence-electron chi connectivity index (χ3n) is 3.50. The standard InChI is InChI=1S/C14H22N2/c1-12-5-3-4-6-13(12)7-10-16(2)11-14(15)8-9-14/h3-6H,7-11,15H2,1-2H3. The van der Waals surface area contributed by atoms with Crippen LogP contribution in [0.1, 0.15) is 24.0 Å². The molecule has 2 rings (SSSR count). The highest BCUT2D eigenvalue weighted by atomic mass is 15.1. The van der Waals surface area contributed by atoms with Crippen molar-refractivity contribution in [2.24, 2.45) is 5.73 Å². The Hall–Kier alpha value is -0.860. The maximum Gasteiger partial charge on any atom is 0.0284 e. The van der Waals surface area contributed by atoms with Crippen LogP contribution in [0.4, 0.5) is 0 Å². The average Bonchev–Trinajstić information content (AvgIpc) is 2.95. The lowest BCUT2D eigenvalue weighted by molar-refractivity contribution is 0.306. The van der Waals surface area contributed by atoms with E-state index in [0.29, 0.717) is 0 Å². The predicted molar refractivity (Wildman–Crippen MR) is 68.5 cm³/mol. The van der Waals surface area contributed by atoms with Gasteiger partial charge in [-0.1, -0.05) is 24.3 Å². The quantitative estimate of drug-likeness (QED) is 0.818. The van der Waals surface area contributed by atoms with Crippen LogP contribution < -0.4 is 5.73 Å². The van der Waals surface area contributed by atoms with Crippen LogP contribution in [-0.2, 0) is 6.42 Å². The van der Waals surface area contributed by atoms with E-state index in [-0.39, 0.29) is 5.54 Å². The Bertz CT molecular complexity index is 356. The summed E-state index contributed by atoms with van der Waals surface area (Å²) in [5.41, 5.74) is 9.09. The Labute approximate surface area is 98.4 Å². The maximum absolute atomic E-state index is 6.10. The van der Waals surface area contributed by atoms with Crippen molar-refractivity contribution in [1.29, 1.82) is 0 Å². The second kappa shape index (κ2) is 4.56. The molecular formula is C14H22N2. The fourth-order valence-electron chi connectivity index (χ4n) is 2.14. The summed E-state index contributed by atoms with van der Waals surface area (Å²) in [5.74, 6) is 0. The molecule has 0 bridgehead atoms. The molecular weight excluding hydrogens is 196 g/mol. The van der Waals surface area contributed by atoms with Gasteiger partial charge in [0.25, 0.3) is 0 Å². The van der Waals surface area contributed by atoms with Gasteiger partial charge in [0, 0.05) is 18.6 Å². The van der Waals surface area contributed by atoms with Gasteiger partial charge in [0.2, 0.25) is 0 Å². The smallest absolute Gasteiger partial charge is 0.0284 e. The Balaban J connectivity index is 1.80. The highest BCUT2D eigenvalue weighted by molar-refractivity contribution is 5.25. The largest absolute Gasteiger partial charge is 0.324 e. The molecule has 0 heterocycles. The van der Waals surface area contributed by atoms with Crippen LogP contribution in [0.5, 0.6) is 0 Å². The average molecular weight is 218 g/mol. The van der Waals surface area contributed by atoms with Gasteiger partial charge in [-0.15, -0.1) is 0 Å². The first-order valence-electron chi connectivity index (χ1n) is 6.11. The molecule has 0 atom stereocenters. The monoisotopic (exact) mass is 218 g/mol. The maximum atomic E-state index is 6.10. The van der Waals surface area contributed by atoms with Gasteiger partial charge in [0.15, 0.2) is 0 Å². The number of rotatable bonds is 5. The van der Waals surface area contributed by atoms with Crippen molar-refractivity contribution in [2.45, 2.75) is 31.7 Å². The molecule has 2 heteroatoms. The molecule has 1 aromatic carbocycles.